The molecule has 0 aliphatic carbocycles. The smallest absolute Gasteiger partial charge is 0.386 e. The third-order valence-electron chi connectivity index (χ3n) is 0.575. The number of rotatable bonds is 3. The lowest BCUT2D eigenvalue weighted by Crippen LogP contribution is -1.95. The Morgan fingerprint density at radius 1 is 1.33 bits per heavy atom. The summed E-state index contributed by atoms with van der Waals surface area (Å²) in [6.07, 6.45) is 2.20. The maximum absolute atomic E-state index is 10.4. The van der Waals surface area contributed by atoms with Crippen molar-refractivity contribution in [2.75, 3.05) is 6.61 Å². The Kier molecular flexibility index (Phi) is 9.57. The van der Waals surface area contributed by atoms with Crippen LogP contribution >= 0.6 is 0 Å². The summed E-state index contributed by atoms with van der Waals surface area (Å²) in [6, 6.07) is 0. The summed E-state index contributed by atoms with van der Waals surface area (Å²) >= 11 is 0. The van der Waals surface area contributed by atoms with E-state index in [2.05, 4.69) is 6.58 Å². The largest absolute Gasteiger partial charge is 0.392 e. The molecular formula is C8H13F3O. The van der Waals surface area contributed by atoms with Crippen molar-refractivity contribution in [3.8, 4) is 0 Å². The molecule has 0 aromatic heterocycles. The van der Waals surface area contributed by atoms with Crippen LogP contribution < -0.4 is 0 Å². The minimum Gasteiger partial charge on any atom is -0.392 e. The Hall–Kier alpha value is -0.770. The predicted octanol–water partition coefficient (Wildman–Crippen LogP) is 2.68. The number of aliphatic hydroxyl groups is 1. The van der Waals surface area contributed by atoms with Gasteiger partial charge in [-0.15, -0.1) is 6.58 Å². The molecule has 0 saturated heterocycles. The van der Waals surface area contributed by atoms with Gasteiger partial charge < -0.3 is 5.11 Å². The molecule has 72 valence electrons. The lowest BCUT2D eigenvalue weighted by Gasteiger charge is -1.88. The summed E-state index contributed by atoms with van der Waals surface area (Å²) in [6.45, 7) is 3.82. The van der Waals surface area contributed by atoms with Crippen LogP contribution in [0.15, 0.2) is 24.8 Å². The van der Waals surface area contributed by atoms with E-state index in [-0.39, 0.29) is 13.5 Å². The van der Waals surface area contributed by atoms with E-state index >= 15 is 0 Å². The Labute approximate surface area is 70.2 Å². The first-order valence-corrected chi connectivity index (χ1v) is 3.35. The number of aliphatic hydroxyl groups excluding tert-OH is 1. The molecule has 0 aliphatic rings. The molecule has 1 nitrogen and oxygen atoms in total. The zero-order chi connectivity index (χ0) is 10.0. The Morgan fingerprint density at radius 2 is 1.75 bits per heavy atom. The van der Waals surface area contributed by atoms with E-state index in [1.165, 1.54) is 0 Å². The summed E-state index contributed by atoms with van der Waals surface area (Å²) in [4.78, 5) is 0. The van der Waals surface area contributed by atoms with Crippen molar-refractivity contribution in [3.05, 3.63) is 24.8 Å². The summed E-state index contributed by atoms with van der Waals surface area (Å²) in [5, 5.41) is 8.17. The van der Waals surface area contributed by atoms with E-state index in [0.717, 1.165) is 6.42 Å². The van der Waals surface area contributed by atoms with E-state index in [1.54, 1.807) is 12.2 Å². The van der Waals surface area contributed by atoms with Crippen molar-refractivity contribution in [2.45, 2.75) is 19.5 Å². The van der Waals surface area contributed by atoms with Gasteiger partial charge in [0.15, 0.2) is 0 Å². The first-order valence-electron chi connectivity index (χ1n) is 3.35. The minimum atomic E-state index is -4.00. The van der Waals surface area contributed by atoms with Gasteiger partial charge in [0.2, 0.25) is 0 Å². The topological polar surface area (TPSA) is 20.2 Å². The second-order valence-corrected chi connectivity index (χ2v) is 1.96. The zero-order valence-corrected chi connectivity index (χ0v) is 6.93. The lowest BCUT2D eigenvalue weighted by atomic mass is 10.4. The monoisotopic (exact) mass is 182 g/mol. The highest BCUT2D eigenvalue weighted by Crippen LogP contribution is 2.10. The number of alkyl halides is 3. The van der Waals surface area contributed by atoms with Crippen LogP contribution in [0.25, 0.3) is 0 Å². The fourth-order valence-electron chi connectivity index (χ4n) is 0.267. The maximum atomic E-state index is 10.4. The van der Waals surface area contributed by atoms with Gasteiger partial charge in [0.05, 0.1) is 6.61 Å². The SMILES string of the molecule is C=CC/C=C\CO.CC(F)(F)F. The number of hydrogen-bond donors (Lipinski definition) is 1. The van der Waals surface area contributed by atoms with Gasteiger partial charge in [-0.25, -0.2) is 0 Å². The fourth-order valence-corrected chi connectivity index (χ4v) is 0.267. The molecule has 0 unspecified atom stereocenters. The van der Waals surface area contributed by atoms with Gasteiger partial charge in [-0.05, 0) is 6.42 Å². The van der Waals surface area contributed by atoms with Crippen LogP contribution in [0.5, 0.6) is 0 Å². The first-order chi connectivity index (χ1) is 5.41. The van der Waals surface area contributed by atoms with Gasteiger partial charge >= 0.3 is 6.18 Å². The molecule has 1 N–H and O–H groups in total. The molecule has 0 rings (SSSR count). The van der Waals surface area contributed by atoms with Crippen molar-refractivity contribution in [1.29, 1.82) is 0 Å². The molecule has 0 aromatic carbocycles. The van der Waals surface area contributed by atoms with Gasteiger partial charge in [0.25, 0.3) is 0 Å². The molecule has 0 atom stereocenters. The molecular weight excluding hydrogens is 169 g/mol. The average Bonchev–Trinajstić information content (AvgIpc) is 1.85. The number of hydrogen-bond acceptors (Lipinski definition) is 1. The van der Waals surface area contributed by atoms with E-state index in [4.69, 9.17) is 5.11 Å². The normalized spacial score (nSPS) is 10.8. The quantitative estimate of drug-likeness (QED) is 0.665. The predicted molar refractivity (Wildman–Crippen MR) is 42.8 cm³/mol. The van der Waals surface area contributed by atoms with Crippen LogP contribution in [0.4, 0.5) is 13.2 Å². The third-order valence-corrected chi connectivity index (χ3v) is 0.575. The summed E-state index contributed by atoms with van der Waals surface area (Å²) in [5.74, 6) is 0. The molecule has 0 saturated carbocycles. The third kappa shape index (κ3) is 59.9. The van der Waals surface area contributed by atoms with E-state index in [1.807, 2.05) is 6.08 Å². The summed E-state index contributed by atoms with van der Waals surface area (Å²) < 4.78 is 31.1. The molecule has 0 heterocycles. The van der Waals surface area contributed by atoms with Crippen LogP contribution in [0, 0.1) is 0 Å². The number of halogens is 3. The summed E-state index contributed by atoms with van der Waals surface area (Å²) in [7, 11) is 0. The number of allylic oxidation sites excluding steroid dienone is 2. The van der Waals surface area contributed by atoms with E-state index < -0.39 is 6.18 Å². The highest BCUT2D eigenvalue weighted by atomic mass is 19.4. The van der Waals surface area contributed by atoms with Crippen LogP contribution in [0.2, 0.25) is 0 Å². The van der Waals surface area contributed by atoms with Crippen LogP contribution in [-0.2, 0) is 0 Å². The molecule has 0 aromatic rings. The van der Waals surface area contributed by atoms with Crippen LogP contribution in [0.1, 0.15) is 13.3 Å². The van der Waals surface area contributed by atoms with Crippen molar-refractivity contribution < 1.29 is 18.3 Å². The maximum Gasteiger partial charge on any atom is 0.386 e. The molecule has 0 amide bonds. The van der Waals surface area contributed by atoms with Crippen LogP contribution in [-0.4, -0.2) is 17.9 Å². The molecule has 0 bridgehead atoms. The van der Waals surface area contributed by atoms with Gasteiger partial charge in [0, 0.05) is 6.92 Å². The second-order valence-electron chi connectivity index (χ2n) is 1.96. The van der Waals surface area contributed by atoms with Crippen molar-refractivity contribution in [3.63, 3.8) is 0 Å². The zero-order valence-electron chi connectivity index (χ0n) is 6.93. The highest BCUT2D eigenvalue weighted by Gasteiger charge is 2.15. The molecule has 12 heavy (non-hydrogen) atoms. The van der Waals surface area contributed by atoms with Gasteiger partial charge in [-0.2, -0.15) is 13.2 Å². The standard InChI is InChI=1S/C6H10O.C2H3F3/c1-2-3-4-5-6-7;1-2(3,4)5/h2,4-5,7H,1,3,6H2;1H3/b5-4-;. The summed E-state index contributed by atoms with van der Waals surface area (Å²) in [5.41, 5.74) is 0. The molecule has 0 radical (unpaired) electrons. The van der Waals surface area contributed by atoms with Crippen molar-refractivity contribution in [1.82, 2.24) is 0 Å². The molecule has 4 heteroatoms. The van der Waals surface area contributed by atoms with E-state index in [0.29, 0.717) is 0 Å². The second kappa shape index (κ2) is 8.33. The highest BCUT2D eigenvalue weighted by molar-refractivity contribution is 4.87. The van der Waals surface area contributed by atoms with Gasteiger partial charge in [-0.3, -0.25) is 0 Å². The first kappa shape index (κ1) is 13.8. The average molecular weight is 182 g/mol. The Bertz CT molecular complexity index is 121. The van der Waals surface area contributed by atoms with Gasteiger partial charge in [-0.1, -0.05) is 18.2 Å². The van der Waals surface area contributed by atoms with Crippen molar-refractivity contribution >= 4 is 0 Å². The Balaban J connectivity index is 0. The fraction of sp³-hybridized carbons (Fsp3) is 0.500. The van der Waals surface area contributed by atoms with Gasteiger partial charge in [0.1, 0.15) is 0 Å². The van der Waals surface area contributed by atoms with Crippen LogP contribution in [0.3, 0.4) is 0 Å². The lowest BCUT2D eigenvalue weighted by molar-refractivity contribution is -0.110. The molecule has 0 fully saturated rings. The van der Waals surface area contributed by atoms with E-state index in [9.17, 15) is 13.2 Å². The molecule has 0 spiro atoms. The Morgan fingerprint density at radius 3 is 2.00 bits per heavy atom. The van der Waals surface area contributed by atoms with Crippen molar-refractivity contribution in [2.24, 2.45) is 0 Å². The molecule has 0 aliphatic heterocycles. The minimum absolute atomic E-state index is 0.133.